The number of unbranched alkanes of at least 4 members (excludes halogenated alkanes) is 1. The molecule has 7 heteroatoms. The van der Waals surface area contributed by atoms with Crippen molar-refractivity contribution in [2.75, 3.05) is 11.9 Å². The summed E-state index contributed by atoms with van der Waals surface area (Å²) in [7, 11) is 0. The minimum Gasteiger partial charge on any atom is -0.478 e. The maximum atomic E-state index is 13.4. The molecule has 0 aliphatic heterocycles. The number of nitrogens with one attached hydrogen (secondary N) is 1. The number of aliphatic hydroxyl groups excluding tert-OH is 1. The Kier molecular flexibility index (Phi) is 5.37. The van der Waals surface area contributed by atoms with E-state index in [0.29, 0.717) is 18.9 Å². The monoisotopic (exact) mass is 273 g/mol. The first kappa shape index (κ1) is 15.0. The number of carboxylic acids is 1. The van der Waals surface area contributed by atoms with Gasteiger partial charge in [0.1, 0.15) is 11.6 Å². The van der Waals surface area contributed by atoms with Crippen molar-refractivity contribution in [3.8, 4) is 0 Å². The molecule has 1 aromatic carbocycles. The van der Waals surface area contributed by atoms with Gasteiger partial charge in [-0.3, -0.25) is 4.79 Å². The van der Waals surface area contributed by atoms with Crippen molar-refractivity contribution >= 4 is 17.6 Å². The molecular formula is C12H13F2NO4. The van der Waals surface area contributed by atoms with Crippen LogP contribution in [0, 0.1) is 11.6 Å². The lowest BCUT2D eigenvalue weighted by molar-refractivity contribution is -0.116. The molecule has 0 aliphatic carbocycles. The van der Waals surface area contributed by atoms with E-state index in [2.05, 4.69) is 5.32 Å². The van der Waals surface area contributed by atoms with Gasteiger partial charge in [0.05, 0.1) is 11.3 Å². The fourth-order valence-electron chi connectivity index (χ4n) is 1.42. The first-order chi connectivity index (χ1) is 8.95. The van der Waals surface area contributed by atoms with Crippen LogP contribution in [0.1, 0.15) is 29.6 Å². The molecule has 5 nitrogen and oxygen atoms in total. The van der Waals surface area contributed by atoms with Crippen LogP contribution < -0.4 is 5.32 Å². The van der Waals surface area contributed by atoms with E-state index in [0.717, 1.165) is 6.07 Å². The second kappa shape index (κ2) is 6.79. The van der Waals surface area contributed by atoms with Gasteiger partial charge >= 0.3 is 5.97 Å². The Morgan fingerprint density at radius 1 is 1.16 bits per heavy atom. The number of hydrogen-bond donors (Lipinski definition) is 3. The van der Waals surface area contributed by atoms with E-state index in [1.165, 1.54) is 0 Å². The number of hydrogen-bond acceptors (Lipinski definition) is 3. The van der Waals surface area contributed by atoms with E-state index in [4.69, 9.17) is 10.2 Å². The van der Waals surface area contributed by atoms with Gasteiger partial charge in [0, 0.05) is 19.1 Å². The summed E-state index contributed by atoms with van der Waals surface area (Å²) in [4.78, 5) is 22.1. The van der Waals surface area contributed by atoms with Gasteiger partial charge in [-0.05, 0) is 18.9 Å². The van der Waals surface area contributed by atoms with Crippen LogP contribution in [0.5, 0.6) is 0 Å². The van der Waals surface area contributed by atoms with Gasteiger partial charge < -0.3 is 15.5 Å². The quantitative estimate of drug-likeness (QED) is 0.689. The van der Waals surface area contributed by atoms with Crippen LogP contribution >= 0.6 is 0 Å². The predicted molar refractivity (Wildman–Crippen MR) is 62.9 cm³/mol. The maximum absolute atomic E-state index is 13.4. The highest BCUT2D eigenvalue weighted by atomic mass is 19.1. The molecule has 0 spiro atoms. The normalized spacial score (nSPS) is 10.3. The van der Waals surface area contributed by atoms with E-state index < -0.39 is 29.1 Å². The van der Waals surface area contributed by atoms with E-state index in [1.807, 2.05) is 0 Å². The number of amides is 1. The standard InChI is InChI=1S/C12H13F2NO4/c13-8-6-9(14)10(5-7(8)12(18)19)15-11(17)3-1-2-4-16/h5-6,16H,1-4H2,(H,15,17)(H,18,19). The molecule has 0 saturated carbocycles. The van der Waals surface area contributed by atoms with Gasteiger partial charge in [-0.25, -0.2) is 13.6 Å². The molecule has 0 saturated heterocycles. The van der Waals surface area contributed by atoms with Crippen molar-refractivity contribution in [3.63, 3.8) is 0 Å². The van der Waals surface area contributed by atoms with E-state index >= 15 is 0 Å². The van der Waals surface area contributed by atoms with Crippen molar-refractivity contribution in [2.45, 2.75) is 19.3 Å². The highest BCUT2D eigenvalue weighted by Crippen LogP contribution is 2.20. The van der Waals surface area contributed by atoms with Gasteiger partial charge in [-0.2, -0.15) is 0 Å². The SMILES string of the molecule is O=C(CCCCO)Nc1cc(C(=O)O)c(F)cc1F. The number of rotatable bonds is 6. The van der Waals surface area contributed by atoms with Crippen LogP contribution in [0.2, 0.25) is 0 Å². The minimum absolute atomic E-state index is 0.0542. The Bertz CT molecular complexity index is 491. The molecule has 0 aromatic heterocycles. The number of aliphatic hydroxyl groups is 1. The number of halogens is 2. The molecule has 1 amide bonds. The topological polar surface area (TPSA) is 86.6 Å². The molecule has 1 aromatic rings. The fourth-order valence-corrected chi connectivity index (χ4v) is 1.42. The molecule has 0 radical (unpaired) electrons. The first-order valence-electron chi connectivity index (χ1n) is 5.58. The average molecular weight is 273 g/mol. The maximum Gasteiger partial charge on any atom is 0.338 e. The zero-order valence-electron chi connectivity index (χ0n) is 9.95. The first-order valence-corrected chi connectivity index (χ1v) is 5.58. The Labute approximate surface area is 107 Å². The van der Waals surface area contributed by atoms with Gasteiger partial charge in [-0.15, -0.1) is 0 Å². The minimum atomic E-state index is -1.55. The van der Waals surface area contributed by atoms with Crippen molar-refractivity contribution in [1.82, 2.24) is 0 Å². The lowest BCUT2D eigenvalue weighted by Crippen LogP contribution is -2.14. The number of aromatic carboxylic acids is 1. The molecule has 1 rings (SSSR count). The van der Waals surface area contributed by atoms with Crippen molar-refractivity contribution in [3.05, 3.63) is 29.3 Å². The lowest BCUT2D eigenvalue weighted by Gasteiger charge is -2.08. The van der Waals surface area contributed by atoms with Gasteiger partial charge in [0.2, 0.25) is 5.91 Å². The summed E-state index contributed by atoms with van der Waals surface area (Å²) in [5.74, 6) is -4.33. The van der Waals surface area contributed by atoms with Crippen LogP contribution in [0.3, 0.4) is 0 Å². The Balaban J connectivity index is 2.80. The van der Waals surface area contributed by atoms with E-state index in [9.17, 15) is 18.4 Å². The molecule has 3 N–H and O–H groups in total. The van der Waals surface area contributed by atoms with Crippen molar-refractivity contribution in [1.29, 1.82) is 0 Å². The van der Waals surface area contributed by atoms with Crippen LogP contribution in [0.25, 0.3) is 0 Å². The third kappa shape index (κ3) is 4.29. The summed E-state index contributed by atoms with van der Waals surface area (Å²) in [6, 6.07) is 1.14. The summed E-state index contributed by atoms with van der Waals surface area (Å²) >= 11 is 0. The number of carbonyl (C=O) groups is 2. The predicted octanol–water partition coefficient (Wildman–Crippen LogP) is 1.76. The molecule has 0 fully saturated rings. The van der Waals surface area contributed by atoms with Crippen LogP contribution in [-0.2, 0) is 4.79 Å². The zero-order valence-corrected chi connectivity index (χ0v) is 9.95. The Hall–Kier alpha value is -2.02. The lowest BCUT2D eigenvalue weighted by atomic mass is 10.1. The Morgan fingerprint density at radius 2 is 1.84 bits per heavy atom. The van der Waals surface area contributed by atoms with Crippen LogP contribution in [0.15, 0.2) is 12.1 Å². The van der Waals surface area contributed by atoms with Gasteiger partial charge in [0.15, 0.2) is 0 Å². The largest absolute Gasteiger partial charge is 0.478 e. The number of carboxylic acid groups (broad SMARTS) is 1. The fraction of sp³-hybridized carbons (Fsp3) is 0.333. The highest BCUT2D eigenvalue weighted by molar-refractivity contribution is 5.94. The highest BCUT2D eigenvalue weighted by Gasteiger charge is 2.16. The second-order valence-electron chi connectivity index (χ2n) is 3.85. The molecule has 0 aliphatic rings. The second-order valence-corrected chi connectivity index (χ2v) is 3.85. The van der Waals surface area contributed by atoms with Crippen LogP contribution in [0.4, 0.5) is 14.5 Å². The smallest absolute Gasteiger partial charge is 0.338 e. The van der Waals surface area contributed by atoms with E-state index in [-0.39, 0.29) is 18.7 Å². The molecule has 104 valence electrons. The van der Waals surface area contributed by atoms with Gasteiger partial charge in [-0.1, -0.05) is 0 Å². The van der Waals surface area contributed by atoms with Crippen molar-refractivity contribution in [2.24, 2.45) is 0 Å². The summed E-state index contributed by atoms with van der Waals surface area (Å²) in [6.45, 7) is -0.0542. The zero-order chi connectivity index (χ0) is 14.4. The molecule has 0 atom stereocenters. The average Bonchev–Trinajstić information content (AvgIpc) is 2.32. The summed E-state index contributed by atoms with van der Waals surface area (Å²) in [5.41, 5.74) is -1.10. The Morgan fingerprint density at radius 3 is 2.42 bits per heavy atom. The van der Waals surface area contributed by atoms with Gasteiger partial charge in [0.25, 0.3) is 0 Å². The number of benzene rings is 1. The number of carbonyl (C=O) groups excluding carboxylic acids is 1. The third-order valence-corrected chi connectivity index (χ3v) is 2.37. The molecule has 0 bridgehead atoms. The van der Waals surface area contributed by atoms with Crippen LogP contribution in [-0.4, -0.2) is 28.7 Å². The summed E-state index contributed by atoms with van der Waals surface area (Å²) in [5, 5.41) is 19.4. The molecule has 19 heavy (non-hydrogen) atoms. The van der Waals surface area contributed by atoms with Crippen molar-refractivity contribution < 1.29 is 28.6 Å². The molecular weight excluding hydrogens is 260 g/mol. The summed E-state index contributed by atoms with van der Waals surface area (Å²) in [6.07, 6.45) is 0.899. The summed E-state index contributed by atoms with van der Waals surface area (Å²) < 4.78 is 26.5. The number of anilines is 1. The molecule has 0 unspecified atom stereocenters. The third-order valence-electron chi connectivity index (χ3n) is 2.37. The molecule has 0 heterocycles. The van der Waals surface area contributed by atoms with E-state index in [1.54, 1.807) is 0 Å².